The first kappa shape index (κ1) is 18.6. The fraction of sp³-hybridized carbons (Fsp3) is 0.650. The van der Waals surface area contributed by atoms with Gasteiger partial charge in [-0.1, -0.05) is 0 Å². The van der Waals surface area contributed by atoms with Crippen LogP contribution < -0.4 is 15.4 Å². The number of alkyl halides is 3. The van der Waals surface area contributed by atoms with E-state index in [4.69, 9.17) is 0 Å². The molecule has 0 radical (unpaired) electrons. The van der Waals surface area contributed by atoms with Crippen LogP contribution in [-0.4, -0.2) is 23.9 Å². The fourth-order valence-electron chi connectivity index (χ4n) is 5.80. The zero-order valence-corrected chi connectivity index (χ0v) is 15.3. The third-order valence-electron chi connectivity index (χ3n) is 6.31. The molecule has 2 N–H and O–H groups in total. The molecule has 5 rings (SSSR count). The molecule has 0 aromatic heterocycles. The van der Waals surface area contributed by atoms with E-state index in [1.54, 1.807) is 0 Å². The number of benzene rings is 1. The van der Waals surface area contributed by atoms with Gasteiger partial charge in [0.05, 0.1) is 6.04 Å². The summed E-state index contributed by atoms with van der Waals surface area (Å²) in [4.78, 5) is 12.6. The van der Waals surface area contributed by atoms with Gasteiger partial charge in [0.2, 0.25) is 5.91 Å². The smallest absolute Gasteiger partial charge is 0.406 e. The van der Waals surface area contributed by atoms with E-state index in [1.807, 2.05) is 6.92 Å². The van der Waals surface area contributed by atoms with Crippen LogP contribution in [0.1, 0.15) is 45.4 Å². The summed E-state index contributed by atoms with van der Waals surface area (Å²) < 4.78 is 40.5. The van der Waals surface area contributed by atoms with E-state index in [1.165, 1.54) is 43.5 Å². The van der Waals surface area contributed by atoms with Gasteiger partial charge in [-0.15, -0.1) is 13.2 Å². The summed E-state index contributed by atoms with van der Waals surface area (Å²) in [5.41, 5.74) is 0.532. The zero-order chi connectivity index (χ0) is 19.2. The van der Waals surface area contributed by atoms with E-state index in [0.717, 1.165) is 37.0 Å². The Bertz CT molecular complexity index is 667. The summed E-state index contributed by atoms with van der Waals surface area (Å²) in [5.74, 6) is 1.90. The Hall–Kier alpha value is -1.76. The molecule has 0 saturated heterocycles. The average Bonchev–Trinajstić information content (AvgIpc) is 2.53. The topological polar surface area (TPSA) is 50.4 Å². The van der Waals surface area contributed by atoms with Crippen molar-refractivity contribution in [2.24, 2.45) is 17.8 Å². The van der Waals surface area contributed by atoms with Crippen LogP contribution in [0.3, 0.4) is 0 Å². The lowest BCUT2D eigenvalue weighted by molar-refractivity contribution is -0.274. The zero-order valence-electron chi connectivity index (χ0n) is 15.3. The van der Waals surface area contributed by atoms with Crippen LogP contribution in [0.15, 0.2) is 24.3 Å². The summed E-state index contributed by atoms with van der Waals surface area (Å²) in [6, 6.07) is 4.86. The maximum atomic E-state index is 12.6. The molecule has 1 atom stereocenters. The predicted molar refractivity (Wildman–Crippen MR) is 95.3 cm³/mol. The minimum atomic E-state index is -4.72. The first-order valence-corrected chi connectivity index (χ1v) is 9.64. The summed E-state index contributed by atoms with van der Waals surface area (Å²) in [5, 5.41) is 6.38. The maximum absolute atomic E-state index is 12.6. The molecule has 4 nitrogen and oxygen atoms in total. The van der Waals surface area contributed by atoms with Crippen molar-refractivity contribution >= 4 is 11.6 Å². The van der Waals surface area contributed by atoms with Gasteiger partial charge in [0.25, 0.3) is 0 Å². The molecular formula is C20H25F3N2O2. The van der Waals surface area contributed by atoms with Crippen molar-refractivity contribution in [3.05, 3.63) is 24.3 Å². The number of hydrogen-bond acceptors (Lipinski definition) is 3. The molecule has 0 unspecified atom stereocenters. The Morgan fingerprint density at radius 3 is 2.07 bits per heavy atom. The van der Waals surface area contributed by atoms with Gasteiger partial charge in [0, 0.05) is 11.2 Å². The number of amides is 1. The summed E-state index contributed by atoms with van der Waals surface area (Å²) in [6.07, 6.45) is 2.76. The molecule has 0 spiro atoms. The molecule has 1 aromatic carbocycles. The molecule has 4 aliphatic carbocycles. The molecule has 4 bridgehead atoms. The van der Waals surface area contributed by atoms with Crippen molar-refractivity contribution in [3.8, 4) is 5.75 Å². The van der Waals surface area contributed by atoms with Crippen LogP contribution in [0, 0.1) is 17.8 Å². The van der Waals surface area contributed by atoms with Gasteiger partial charge >= 0.3 is 6.36 Å². The first-order valence-electron chi connectivity index (χ1n) is 9.64. The van der Waals surface area contributed by atoms with E-state index in [0.29, 0.717) is 5.69 Å². The SMILES string of the molecule is C[C@@H](NC12CC3CC(CC(C3)C1)C2)C(=O)Nc1ccc(OC(F)(F)F)cc1. The van der Waals surface area contributed by atoms with Crippen LogP contribution in [0.25, 0.3) is 0 Å². The van der Waals surface area contributed by atoms with Crippen LogP contribution in [0.2, 0.25) is 0 Å². The Kier molecular flexibility index (Phi) is 4.61. The van der Waals surface area contributed by atoms with Crippen LogP contribution in [0.5, 0.6) is 5.75 Å². The van der Waals surface area contributed by atoms with E-state index in [2.05, 4.69) is 15.4 Å². The number of anilines is 1. The lowest BCUT2D eigenvalue weighted by Gasteiger charge is -2.57. The second kappa shape index (κ2) is 6.69. The van der Waals surface area contributed by atoms with Crippen molar-refractivity contribution in [3.63, 3.8) is 0 Å². The standard InChI is InChI=1S/C20H25F3N2O2/c1-12(25-19-9-13-6-14(10-19)8-15(7-13)11-19)18(26)24-16-2-4-17(5-3-16)27-20(21,22)23/h2-5,12-15,25H,6-11H2,1H3,(H,24,26)/t12-,13?,14?,15?,19?/m1/s1. The van der Waals surface area contributed by atoms with Crippen LogP contribution in [0.4, 0.5) is 18.9 Å². The Labute approximate surface area is 156 Å². The number of halogens is 3. The van der Waals surface area contributed by atoms with Gasteiger partial charge in [-0.05, 0) is 87.5 Å². The molecular weight excluding hydrogens is 357 g/mol. The van der Waals surface area contributed by atoms with Gasteiger partial charge in [-0.3, -0.25) is 4.79 Å². The van der Waals surface area contributed by atoms with E-state index < -0.39 is 6.36 Å². The monoisotopic (exact) mass is 382 g/mol. The van der Waals surface area contributed by atoms with Gasteiger partial charge in [0.15, 0.2) is 0 Å². The van der Waals surface area contributed by atoms with Crippen molar-refractivity contribution in [2.45, 2.75) is 63.4 Å². The second-order valence-electron chi connectivity index (χ2n) is 8.63. The predicted octanol–water partition coefficient (Wildman–Crippen LogP) is 4.47. The van der Waals surface area contributed by atoms with Crippen LogP contribution in [-0.2, 0) is 4.79 Å². The summed E-state index contributed by atoms with van der Waals surface area (Å²) in [6.45, 7) is 1.86. The largest absolute Gasteiger partial charge is 0.573 e. The van der Waals surface area contributed by atoms with Crippen LogP contribution >= 0.6 is 0 Å². The molecule has 4 fully saturated rings. The lowest BCUT2D eigenvalue weighted by atomic mass is 9.53. The Balaban J connectivity index is 1.34. The highest BCUT2D eigenvalue weighted by Gasteiger charge is 2.51. The number of nitrogens with one attached hydrogen (secondary N) is 2. The normalized spacial score (nSPS) is 33.0. The molecule has 148 valence electrons. The molecule has 0 heterocycles. The highest BCUT2D eigenvalue weighted by atomic mass is 19.4. The number of hydrogen-bond donors (Lipinski definition) is 2. The second-order valence-corrected chi connectivity index (χ2v) is 8.63. The molecule has 1 aromatic rings. The molecule has 1 amide bonds. The Morgan fingerprint density at radius 1 is 1.07 bits per heavy atom. The van der Waals surface area contributed by atoms with Gasteiger partial charge in [-0.25, -0.2) is 0 Å². The number of carbonyl (C=O) groups is 1. The quantitative estimate of drug-likeness (QED) is 0.790. The average molecular weight is 382 g/mol. The third-order valence-corrected chi connectivity index (χ3v) is 6.31. The van der Waals surface area contributed by atoms with Crippen molar-refractivity contribution in [1.82, 2.24) is 5.32 Å². The minimum absolute atomic E-state index is 0.0793. The number of rotatable bonds is 5. The fourth-order valence-corrected chi connectivity index (χ4v) is 5.80. The first-order chi connectivity index (χ1) is 12.7. The Morgan fingerprint density at radius 2 is 1.59 bits per heavy atom. The van der Waals surface area contributed by atoms with Gasteiger partial charge in [0.1, 0.15) is 5.75 Å². The highest BCUT2D eigenvalue weighted by molar-refractivity contribution is 5.94. The maximum Gasteiger partial charge on any atom is 0.573 e. The number of ether oxygens (including phenoxy) is 1. The van der Waals surface area contributed by atoms with Crippen molar-refractivity contribution in [1.29, 1.82) is 0 Å². The molecule has 7 heteroatoms. The lowest BCUT2D eigenvalue weighted by Crippen LogP contribution is -2.62. The molecule has 0 aliphatic heterocycles. The van der Waals surface area contributed by atoms with Crippen molar-refractivity contribution < 1.29 is 22.7 Å². The highest BCUT2D eigenvalue weighted by Crippen LogP contribution is 2.55. The molecule has 27 heavy (non-hydrogen) atoms. The van der Waals surface area contributed by atoms with E-state index >= 15 is 0 Å². The third kappa shape index (κ3) is 4.23. The van der Waals surface area contributed by atoms with E-state index in [9.17, 15) is 18.0 Å². The molecule has 4 saturated carbocycles. The van der Waals surface area contributed by atoms with E-state index in [-0.39, 0.29) is 23.2 Å². The van der Waals surface area contributed by atoms with Gasteiger partial charge in [-0.2, -0.15) is 0 Å². The summed E-state index contributed by atoms with van der Waals surface area (Å²) in [7, 11) is 0. The van der Waals surface area contributed by atoms with Crippen molar-refractivity contribution in [2.75, 3.05) is 5.32 Å². The summed E-state index contributed by atoms with van der Waals surface area (Å²) >= 11 is 0. The number of carbonyl (C=O) groups excluding carboxylic acids is 1. The minimum Gasteiger partial charge on any atom is -0.406 e. The van der Waals surface area contributed by atoms with Gasteiger partial charge < -0.3 is 15.4 Å². The molecule has 4 aliphatic rings.